The number of hydrogen-bond donors (Lipinski definition) is 1. The molecule has 0 heterocycles. The van der Waals surface area contributed by atoms with Gasteiger partial charge < -0.3 is 10.2 Å². The Balaban J connectivity index is 2.41. The molecule has 1 rings (SSSR count). The number of nitrogens with zero attached hydrogens (tertiary/aromatic N) is 1. The van der Waals surface area contributed by atoms with Crippen molar-refractivity contribution in [1.29, 1.82) is 0 Å². The van der Waals surface area contributed by atoms with Gasteiger partial charge in [0.15, 0.2) is 0 Å². The van der Waals surface area contributed by atoms with Crippen LogP contribution in [0.2, 0.25) is 0 Å². The number of unbranched alkanes of at least 4 members (excludes halogenated alkanes) is 2. The minimum atomic E-state index is -0.125. The van der Waals surface area contributed by atoms with Gasteiger partial charge in [-0.1, -0.05) is 31.9 Å². The Morgan fingerprint density at radius 1 is 1.19 bits per heavy atom. The van der Waals surface area contributed by atoms with E-state index in [1.54, 1.807) is 17.9 Å². The Labute approximate surface area is 135 Å². The maximum Gasteiger partial charge on any atom is 0.252 e. The number of nitrogens with one attached hydrogen (secondary N) is 1. The number of halogens is 1. The van der Waals surface area contributed by atoms with Gasteiger partial charge in [0.05, 0.1) is 5.56 Å². The number of carbonyl (C=O) groups excluding carboxylic acids is 2. The van der Waals surface area contributed by atoms with E-state index >= 15 is 0 Å². The summed E-state index contributed by atoms with van der Waals surface area (Å²) in [7, 11) is 0. The van der Waals surface area contributed by atoms with E-state index in [2.05, 4.69) is 28.2 Å². The van der Waals surface area contributed by atoms with Crippen molar-refractivity contribution in [3.05, 3.63) is 34.3 Å². The summed E-state index contributed by atoms with van der Waals surface area (Å²) in [6, 6.07) is 7.29. The lowest BCUT2D eigenvalue weighted by Crippen LogP contribution is -2.38. The molecule has 0 aliphatic rings. The van der Waals surface area contributed by atoms with Gasteiger partial charge in [-0.3, -0.25) is 9.59 Å². The minimum absolute atomic E-state index is 0.0567. The van der Waals surface area contributed by atoms with Crippen LogP contribution in [0.4, 0.5) is 0 Å². The highest BCUT2D eigenvalue weighted by atomic mass is 79.9. The van der Waals surface area contributed by atoms with E-state index in [0.29, 0.717) is 18.7 Å². The summed E-state index contributed by atoms with van der Waals surface area (Å²) in [5.41, 5.74) is 0.609. The monoisotopic (exact) mass is 354 g/mol. The van der Waals surface area contributed by atoms with Crippen molar-refractivity contribution in [2.24, 2.45) is 0 Å². The van der Waals surface area contributed by atoms with Gasteiger partial charge in [0.1, 0.15) is 0 Å². The predicted octanol–water partition coefficient (Wildman–Crippen LogP) is 3.22. The van der Waals surface area contributed by atoms with Gasteiger partial charge >= 0.3 is 0 Å². The third-order valence-electron chi connectivity index (χ3n) is 3.26. The SMILES string of the molecule is CCCCCN(CCNC(=O)c1ccccc1Br)C(C)=O. The fraction of sp³-hybridized carbons (Fsp3) is 0.500. The minimum Gasteiger partial charge on any atom is -0.350 e. The second-order valence-electron chi connectivity index (χ2n) is 4.95. The van der Waals surface area contributed by atoms with Gasteiger partial charge in [-0.05, 0) is 34.5 Å². The zero-order chi connectivity index (χ0) is 15.7. The summed E-state index contributed by atoms with van der Waals surface area (Å²) in [6.45, 7) is 5.48. The van der Waals surface area contributed by atoms with Crippen molar-refractivity contribution in [1.82, 2.24) is 10.2 Å². The van der Waals surface area contributed by atoms with Crippen LogP contribution < -0.4 is 5.32 Å². The smallest absolute Gasteiger partial charge is 0.252 e. The molecule has 0 aromatic heterocycles. The van der Waals surface area contributed by atoms with Crippen LogP contribution in [0.3, 0.4) is 0 Å². The molecule has 1 aromatic rings. The Morgan fingerprint density at radius 2 is 1.90 bits per heavy atom. The van der Waals surface area contributed by atoms with Gasteiger partial charge in [-0.15, -0.1) is 0 Å². The highest BCUT2D eigenvalue weighted by Crippen LogP contribution is 2.15. The third-order valence-corrected chi connectivity index (χ3v) is 3.95. The second-order valence-corrected chi connectivity index (χ2v) is 5.80. The Morgan fingerprint density at radius 3 is 2.52 bits per heavy atom. The fourth-order valence-corrected chi connectivity index (χ4v) is 2.49. The Bertz CT molecular complexity index is 477. The molecule has 1 N–H and O–H groups in total. The van der Waals surface area contributed by atoms with Crippen LogP contribution in [0.25, 0.3) is 0 Å². The molecule has 4 nitrogen and oxygen atoms in total. The van der Waals surface area contributed by atoms with Crippen molar-refractivity contribution in [2.75, 3.05) is 19.6 Å². The van der Waals surface area contributed by atoms with Crippen LogP contribution in [-0.2, 0) is 4.79 Å². The second kappa shape index (κ2) is 9.55. The standard InChI is InChI=1S/C16H23BrN2O2/c1-3-4-7-11-19(13(2)20)12-10-18-16(21)14-8-5-6-9-15(14)17/h5-6,8-9H,3-4,7,10-12H2,1-2H3,(H,18,21). The van der Waals surface area contributed by atoms with E-state index in [9.17, 15) is 9.59 Å². The van der Waals surface area contributed by atoms with Crippen molar-refractivity contribution in [3.63, 3.8) is 0 Å². The van der Waals surface area contributed by atoms with Gasteiger partial charge in [0.25, 0.3) is 5.91 Å². The molecular formula is C16H23BrN2O2. The largest absolute Gasteiger partial charge is 0.350 e. The maximum absolute atomic E-state index is 12.0. The molecule has 0 spiro atoms. The van der Waals surface area contributed by atoms with Gasteiger partial charge in [0.2, 0.25) is 5.91 Å². The van der Waals surface area contributed by atoms with E-state index in [-0.39, 0.29) is 11.8 Å². The average Bonchev–Trinajstić information content (AvgIpc) is 2.45. The molecule has 0 bridgehead atoms. The molecule has 0 atom stereocenters. The van der Waals surface area contributed by atoms with Gasteiger partial charge in [0, 0.05) is 31.0 Å². The first-order valence-corrected chi connectivity index (χ1v) is 8.13. The van der Waals surface area contributed by atoms with Crippen LogP contribution in [0.5, 0.6) is 0 Å². The van der Waals surface area contributed by atoms with Gasteiger partial charge in [-0.2, -0.15) is 0 Å². The van der Waals surface area contributed by atoms with Crippen LogP contribution in [-0.4, -0.2) is 36.3 Å². The zero-order valence-corrected chi connectivity index (χ0v) is 14.3. The van der Waals surface area contributed by atoms with Crippen LogP contribution >= 0.6 is 15.9 Å². The van der Waals surface area contributed by atoms with Crippen LogP contribution in [0.1, 0.15) is 43.5 Å². The molecule has 116 valence electrons. The quantitative estimate of drug-likeness (QED) is 0.728. The molecule has 0 aliphatic heterocycles. The summed E-state index contributed by atoms with van der Waals surface area (Å²) in [5.74, 6) is -0.0687. The molecule has 5 heteroatoms. The summed E-state index contributed by atoms with van der Waals surface area (Å²) < 4.78 is 0.772. The van der Waals surface area contributed by atoms with Gasteiger partial charge in [-0.25, -0.2) is 0 Å². The number of hydrogen-bond acceptors (Lipinski definition) is 2. The molecule has 21 heavy (non-hydrogen) atoms. The lowest BCUT2D eigenvalue weighted by atomic mass is 10.2. The van der Waals surface area contributed by atoms with E-state index < -0.39 is 0 Å². The molecule has 1 aromatic carbocycles. The molecule has 0 unspecified atom stereocenters. The Kier molecular flexibility index (Phi) is 8.05. The third kappa shape index (κ3) is 6.29. The first-order chi connectivity index (χ1) is 10.1. The number of carbonyl (C=O) groups is 2. The van der Waals surface area contributed by atoms with Crippen molar-refractivity contribution in [3.8, 4) is 0 Å². The topological polar surface area (TPSA) is 49.4 Å². The summed E-state index contributed by atoms with van der Waals surface area (Å²) in [5, 5.41) is 2.85. The van der Waals surface area contributed by atoms with Crippen molar-refractivity contribution < 1.29 is 9.59 Å². The lowest BCUT2D eigenvalue weighted by Gasteiger charge is -2.21. The zero-order valence-electron chi connectivity index (χ0n) is 12.7. The van der Waals surface area contributed by atoms with E-state index in [1.807, 2.05) is 18.2 Å². The molecule has 2 amide bonds. The number of amides is 2. The van der Waals surface area contributed by atoms with E-state index in [0.717, 1.165) is 30.3 Å². The maximum atomic E-state index is 12.0. The van der Waals surface area contributed by atoms with Crippen LogP contribution in [0.15, 0.2) is 28.7 Å². The fourth-order valence-electron chi connectivity index (χ4n) is 2.02. The molecule has 0 saturated carbocycles. The molecular weight excluding hydrogens is 332 g/mol. The van der Waals surface area contributed by atoms with Crippen molar-refractivity contribution >= 4 is 27.7 Å². The highest BCUT2D eigenvalue weighted by molar-refractivity contribution is 9.10. The summed E-state index contributed by atoms with van der Waals surface area (Å²) >= 11 is 3.36. The first kappa shape index (κ1) is 17.7. The summed E-state index contributed by atoms with van der Waals surface area (Å²) in [6.07, 6.45) is 3.26. The predicted molar refractivity (Wildman–Crippen MR) is 88.3 cm³/mol. The highest BCUT2D eigenvalue weighted by Gasteiger charge is 2.11. The van der Waals surface area contributed by atoms with Crippen LogP contribution in [0, 0.1) is 0 Å². The first-order valence-electron chi connectivity index (χ1n) is 7.34. The molecule has 0 radical (unpaired) electrons. The lowest BCUT2D eigenvalue weighted by molar-refractivity contribution is -0.128. The molecule has 0 aliphatic carbocycles. The van der Waals surface area contributed by atoms with E-state index in [1.165, 1.54) is 0 Å². The summed E-state index contributed by atoms with van der Waals surface area (Å²) in [4.78, 5) is 25.4. The molecule has 0 saturated heterocycles. The van der Waals surface area contributed by atoms with Crippen molar-refractivity contribution in [2.45, 2.75) is 33.1 Å². The van der Waals surface area contributed by atoms with E-state index in [4.69, 9.17) is 0 Å². The number of benzene rings is 1. The average molecular weight is 355 g/mol. The Hall–Kier alpha value is -1.36. The number of rotatable bonds is 8. The normalized spacial score (nSPS) is 10.2. The molecule has 0 fully saturated rings.